The summed E-state index contributed by atoms with van der Waals surface area (Å²) in [5.41, 5.74) is 3.07. The summed E-state index contributed by atoms with van der Waals surface area (Å²) in [4.78, 5) is 47.2. The number of esters is 1. The minimum atomic E-state index is -0.844. The van der Waals surface area contributed by atoms with E-state index in [1.165, 1.54) is 18.2 Å². The predicted molar refractivity (Wildman–Crippen MR) is 133 cm³/mol. The molecular weight excluding hydrogens is 458 g/mol. The van der Waals surface area contributed by atoms with Gasteiger partial charge in [0.2, 0.25) is 0 Å². The highest BCUT2D eigenvalue weighted by Crippen LogP contribution is 2.39. The third-order valence-corrected chi connectivity index (χ3v) is 6.39. The maximum atomic E-state index is 13.2. The molecule has 0 radical (unpaired) electrons. The Morgan fingerprint density at radius 1 is 1.06 bits per heavy atom. The zero-order valence-corrected chi connectivity index (χ0v) is 19.5. The van der Waals surface area contributed by atoms with Gasteiger partial charge < -0.3 is 19.7 Å². The van der Waals surface area contributed by atoms with Crippen molar-refractivity contribution >= 4 is 34.3 Å². The van der Waals surface area contributed by atoms with Crippen LogP contribution >= 0.6 is 0 Å². The number of ether oxygens (including phenoxy) is 1. The van der Waals surface area contributed by atoms with Crippen molar-refractivity contribution in [1.29, 1.82) is 0 Å². The second-order valence-corrected chi connectivity index (χ2v) is 8.43. The molecule has 5 rings (SSSR count). The Morgan fingerprint density at radius 3 is 2.53 bits per heavy atom. The molecule has 1 aliphatic heterocycles. The number of likely N-dealkylation sites (tertiary alicyclic amines) is 1. The van der Waals surface area contributed by atoms with Gasteiger partial charge in [-0.2, -0.15) is 0 Å². The maximum Gasteiger partial charge on any atom is 0.337 e. The molecule has 3 heterocycles. The third kappa shape index (κ3) is 4.02. The first-order valence-corrected chi connectivity index (χ1v) is 11.4. The lowest BCUT2D eigenvalue weighted by Gasteiger charge is -2.25. The number of pyridine rings is 1. The number of fused-ring (bicyclic) bond motifs is 1. The van der Waals surface area contributed by atoms with E-state index in [4.69, 9.17) is 4.74 Å². The molecule has 0 aliphatic carbocycles. The minimum absolute atomic E-state index is 0.0385. The maximum absolute atomic E-state index is 13.2. The molecule has 0 bridgehead atoms. The number of nitrogens with zero attached hydrogens (tertiary/aromatic N) is 2. The summed E-state index contributed by atoms with van der Waals surface area (Å²) in [7, 11) is 1.29. The number of ketones is 1. The summed E-state index contributed by atoms with van der Waals surface area (Å²) < 4.78 is 4.77. The van der Waals surface area contributed by atoms with Gasteiger partial charge in [-0.15, -0.1) is 0 Å². The van der Waals surface area contributed by atoms with Crippen LogP contribution in [0, 0.1) is 0 Å². The average Bonchev–Trinajstić information content (AvgIpc) is 3.45. The molecule has 36 heavy (non-hydrogen) atoms. The number of nitrogens with one attached hydrogen (secondary N) is 1. The number of aliphatic hydroxyl groups excluding tert-OH is 1. The summed E-state index contributed by atoms with van der Waals surface area (Å²) in [6, 6.07) is 18.4. The van der Waals surface area contributed by atoms with Crippen molar-refractivity contribution in [2.75, 3.05) is 13.7 Å². The first kappa shape index (κ1) is 23.0. The standard InChI is InChI=1S/C28H23N3O5/c1-36-28(35)18-11-9-17(10-12-18)24-23(25(32)22-8-4-5-14-29-22)26(33)27(34)31(24)15-13-19-16-30-21-7-3-2-6-20(19)21/h2-12,14,16,24,30,32H,13,15H2,1H3/b25-23+. The van der Waals surface area contributed by atoms with Gasteiger partial charge in [-0.05, 0) is 47.9 Å². The average molecular weight is 482 g/mol. The number of hydrogen-bond acceptors (Lipinski definition) is 6. The predicted octanol–water partition coefficient (Wildman–Crippen LogP) is 4.01. The summed E-state index contributed by atoms with van der Waals surface area (Å²) in [6.07, 6.45) is 3.90. The number of para-hydroxylation sites is 1. The van der Waals surface area contributed by atoms with Crippen LogP contribution < -0.4 is 0 Å². The number of hydrogen-bond donors (Lipinski definition) is 2. The molecule has 8 heteroatoms. The highest BCUT2D eigenvalue weighted by atomic mass is 16.5. The molecule has 4 aromatic rings. The smallest absolute Gasteiger partial charge is 0.337 e. The normalized spacial score (nSPS) is 17.0. The molecular formula is C28H23N3O5. The third-order valence-electron chi connectivity index (χ3n) is 6.39. The van der Waals surface area contributed by atoms with Crippen molar-refractivity contribution in [3.8, 4) is 0 Å². The van der Waals surface area contributed by atoms with E-state index >= 15 is 0 Å². The van der Waals surface area contributed by atoms with Gasteiger partial charge in [0.15, 0.2) is 5.76 Å². The van der Waals surface area contributed by atoms with Crippen molar-refractivity contribution in [3.05, 3.63) is 107 Å². The first-order valence-electron chi connectivity index (χ1n) is 11.4. The molecule has 180 valence electrons. The summed E-state index contributed by atoms with van der Waals surface area (Å²) in [5, 5.41) is 12.1. The fraction of sp³-hybridized carbons (Fsp3) is 0.143. The molecule has 1 aliphatic rings. The van der Waals surface area contributed by atoms with E-state index in [0.717, 1.165) is 16.5 Å². The fourth-order valence-electron chi connectivity index (χ4n) is 4.60. The van der Waals surface area contributed by atoms with Crippen molar-refractivity contribution in [2.24, 2.45) is 0 Å². The topological polar surface area (TPSA) is 113 Å². The Bertz CT molecular complexity index is 1490. The Balaban J connectivity index is 1.56. The van der Waals surface area contributed by atoms with Crippen LogP contribution in [0.5, 0.6) is 0 Å². The van der Waals surface area contributed by atoms with Gasteiger partial charge in [0, 0.05) is 29.8 Å². The lowest BCUT2D eigenvalue weighted by Crippen LogP contribution is -2.31. The second-order valence-electron chi connectivity index (χ2n) is 8.43. The largest absolute Gasteiger partial charge is 0.505 e. The van der Waals surface area contributed by atoms with Gasteiger partial charge in [-0.3, -0.25) is 14.6 Å². The monoisotopic (exact) mass is 481 g/mol. The van der Waals surface area contributed by atoms with E-state index in [2.05, 4.69) is 9.97 Å². The van der Waals surface area contributed by atoms with Crippen LogP contribution in [-0.2, 0) is 20.7 Å². The fourth-order valence-corrected chi connectivity index (χ4v) is 4.60. The summed E-state index contributed by atoms with van der Waals surface area (Å²) in [5.74, 6) is -2.32. The number of aliphatic hydroxyl groups is 1. The number of Topliss-reactive ketones (excluding diaryl/α,β-unsaturated/α-hetero) is 1. The Kier molecular flexibility index (Phi) is 6.08. The van der Waals surface area contributed by atoms with Crippen LogP contribution in [0.4, 0.5) is 0 Å². The second kappa shape index (κ2) is 9.50. The van der Waals surface area contributed by atoms with Crippen LogP contribution in [0.3, 0.4) is 0 Å². The number of carbonyl (C=O) groups is 3. The Labute approximate surface area is 206 Å². The zero-order valence-electron chi connectivity index (χ0n) is 19.5. The summed E-state index contributed by atoms with van der Waals surface area (Å²) >= 11 is 0. The molecule has 1 atom stereocenters. The number of methoxy groups -OCH3 is 1. The number of carbonyl (C=O) groups excluding carboxylic acids is 3. The molecule has 2 N–H and O–H groups in total. The van der Waals surface area contributed by atoms with E-state index in [1.54, 1.807) is 42.5 Å². The van der Waals surface area contributed by atoms with Crippen molar-refractivity contribution in [3.63, 3.8) is 0 Å². The van der Waals surface area contributed by atoms with Crippen molar-refractivity contribution < 1.29 is 24.2 Å². The molecule has 1 unspecified atom stereocenters. The quantitative estimate of drug-likeness (QED) is 0.186. The van der Waals surface area contributed by atoms with Crippen LogP contribution in [0.15, 0.2) is 84.7 Å². The molecule has 0 spiro atoms. The van der Waals surface area contributed by atoms with E-state index in [9.17, 15) is 19.5 Å². The number of amides is 1. The van der Waals surface area contributed by atoms with Crippen LogP contribution in [-0.4, -0.2) is 51.3 Å². The van der Waals surface area contributed by atoms with Gasteiger partial charge in [0.1, 0.15) is 5.69 Å². The van der Waals surface area contributed by atoms with Gasteiger partial charge in [0.25, 0.3) is 11.7 Å². The number of aromatic nitrogens is 2. The number of aromatic amines is 1. The van der Waals surface area contributed by atoms with Crippen LogP contribution in [0.2, 0.25) is 0 Å². The number of H-pyrrole nitrogens is 1. The van der Waals surface area contributed by atoms with Crippen LogP contribution in [0.25, 0.3) is 16.7 Å². The lowest BCUT2D eigenvalue weighted by molar-refractivity contribution is -0.139. The Hall–Kier alpha value is -4.72. The number of rotatable bonds is 6. The first-order chi connectivity index (χ1) is 17.5. The van der Waals surface area contributed by atoms with Crippen molar-refractivity contribution in [2.45, 2.75) is 12.5 Å². The molecule has 8 nitrogen and oxygen atoms in total. The van der Waals surface area contributed by atoms with E-state index < -0.39 is 23.7 Å². The van der Waals surface area contributed by atoms with Crippen LogP contribution in [0.1, 0.15) is 33.2 Å². The highest BCUT2D eigenvalue weighted by molar-refractivity contribution is 6.46. The molecule has 2 aromatic carbocycles. The highest BCUT2D eigenvalue weighted by Gasteiger charge is 2.46. The van der Waals surface area contributed by atoms with Gasteiger partial charge in [-0.1, -0.05) is 36.4 Å². The summed E-state index contributed by atoms with van der Waals surface area (Å²) in [6.45, 7) is 0.245. The van der Waals surface area contributed by atoms with Gasteiger partial charge in [-0.25, -0.2) is 4.79 Å². The van der Waals surface area contributed by atoms with E-state index in [0.29, 0.717) is 17.5 Å². The molecule has 0 saturated carbocycles. The Morgan fingerprint density at radius 2 is 1.81 bits per heavy atom. The molecule has 1 saturated heterocycles. The van der Waals surface area contributed by atoms with E-state index in [1.807, 2.05) is 30.5 Å². The van der Waals surface area contributed by atoms with Gasteiger partial charge in [0.05, 0.1) is 24.3 Å². The lowest BCUT2D eigenvalue weighted by atomic mass is 9.95. The van der Waals surface area contributed by atoms with Gasteiger partial charge >= 0.3 is 5.97 Å². The SMILES string of the molecule is COC(=O)c1ccc(C2/C(=C(\O)c3ccccn3)C(=O)C(=O)N2CCc2c[nH]c3ccccc23)cc1. The minimum Gasteiger partial charge on any atom is -0.505 e. The van der Waals surface area contributed by atoms with E-state index in [-0.39, 0.29) is 23.6 Å². The zero-order chi connectivity index (χ0) is 25.2. The van der Waals surface area contributed by atoms with Crippen molar-refractivity contribution in [1.82, 2.24) is 14.9 Å². The molecule has 2 aromatic heterocycles. The molecule has 1 fully saturated rings. The molecule has 1 amide bonds. The number of benzene rings is 2.